The van der Waals surface area contributed by atoms with Gasteiger partial charge in [0.2, 0.25) is 0 Å². The number of methoxy groups -OCH3 is 1. The predicted molar refractivity (Wildman–Crippen MR) is 91.0 cm³/mol. The molecule has 5 nitrogen and oxygen atoms in total. The first-order chi connectivity index (χ1) is 11.5. The van der Waals surface area contributed by atoms with E-state index in [4.69, 9.17) is 9.47 Å². The van der Waals surface area contributed by atoms with Crippen LogP contribution in [0.3, 0.4) is 0 Å². The average molecular weight is 327 g/mol. The van der Waals surface area contributed by atoms with Crippen molar-refractivity contribution < 1.29 is 19.1 Å². The van der Waals surface area contributed by atoms with E-state index in [2.05, 4.69) is 5.32 Å². The quantitative estimate of drug-likeness (QED) is 0.829. The molecule has 5 heteroatoms. The molecule has 0 fully saturated rings. The van der Waals surface area contributed by atoms with E-state index in [0.717, 1.165) is 5.56 Å². The molecule has 0 saturated carbocycles. The highest BCUT2D eigenvalue weighted by Crippen LogP contribution is 2.12. The molecule has 0 aliphatic carbocycles. The number of carbonyl (C=O) groups is 2. The minimum Gasteiger partial charge on any atom is -0.497 e. The van der Waals surface area contributed by atoms with Gasteiger partial charge in [-0.25, -0.2) is 4.79 Å². The highest BCUT2D eigenvalue weighted by atomic mass is 16.5. The maximum atomic E-state index is 11.9. The summed E-state index contributed by atoms with van der Waals surface area (Å²) in [6.07, 6.45) is 0. The molecule has 24 heavy (non-hydrogen) atoms. The van der Waals surface area contributed by atoms with Crippen LogP contribution in [0.2, 0.25) is 0 Å². The molecule has 126 valence electrons. The van der Waals surface area contributed by atoms with Crippen molar-refractivity contribution in [2.45, 2.75) is 20.4 Å². The van der Waals surface area contributed by atoms with Crippen molar-refractivity contribution in [2.24, 2.45) is 0 Å². The maximum absolute atomic E-state index is 11.9. The minimum absolute atomic E-state index is 0.310. The molecular formula is C19H21NO4. The lowest BCUT2D eigenvalue weighted by Gasteiger charge is -2.08. The topological polar surface area (TPSA) is 64.6 Å². The Morgan fingerprint density at radius 2 is 1.71 bits per heavy atom. The predicted octanol–water partition coefficient (Wildman–Crippen LogP) is 2.79. The van der Waals surface area contributed by atoms with Crippen LogP contribution in [-0.4, -0.2) is 25.6 Å². The molecule has 0 radical (unpaired) electrons. The Balaban J connectivity index is 1.79. The van der Waals surface area contributed by atoms with Crippen molar-refractivity contribution in [1.82, 2.24) is 5.32 Å². The summed E-state index contributed by atoms with van der Waals surface area (Å²) in [6.45, 7) is 4.16. The van der Waals surface area contributed by atoms with Gasteiger partial charge in [0.1, 0.15) is 5.75 Å². The van der Waals surface area contributed by atoms with E-state index in [-0.39, 0.29) is 12.5 Å². The molecule has 0 heterocycles. The Labute approximate surface area is 141 Å². The Bertz CT molecular complexity index is 723. The monoisotopic (exact) mass is 327 g/mol. The molecule has 0 saturated heterocycles. The number of benzene rings is 2. The molecule has 0 aliphatic heterocycles. The van der Waals surface area contributed by atoms with Crippen LogP contribution < -0.4 is 10.1 Å². The van der Waals surface area contributed by atoms with Crippen molar-refractivity contribution in [3.8, 4) is 5.75 Å². The lowest BCUT2D eigenvalue weighted by molar-refractivity contribution is -0.124. The lowest BCUT2D eigenvalue weighted by atomic mass is 10.1. The van der Waals surface area contributed by atoms with Gasteiger partial charge >= 0.3 is 5.97 Å². The second-order valence-corrected chi connectivity index (χ2v) is 5.50. The molecule has 0 spiro atoms. The molecule has 0 aliphatic rings. The summed E-state index contributed by atoms with van der Waals surface area (Å²) in [5.41, 5.74) is 3.76. The Morgan fingerprint density at radius 3 is 2.33 bits per heavy atom. The van der Waals surface area contributed by atoms with Crippen LogP contribution in [0.15, 0.2) is 42.5 Å². The minimum atomic E-state index is -0.543. The second kappa shape index (κ2) is 8.15. The van der Waals surface area contributed by atoms with Crippen molar-refractivity contribution in [3.63, 3.8) is 0 Å². The van der Waals surface area contributed by atoms with Gasteiger partial charge in [0, 0.05) is 6.54 Å². The summed E-state index contributed by atoms with van der Waals surface area (Å²) in [5.74, 6) is -0.230. The zero-order valence-corrected chi connectivity index (χ0v) is 14.1. The van der Waals surface area contributed by atoms with Gasteiger partial charge in [-0.15, -0.1) is 0 Å². The molecular weight excluding hydrogens is 306 g/mol. The zero-order valence-electron chi connectivity index (χ0n) is 14.1. The molecule has 1 amide bonds. The number of esters is 1. The fraction of sp³-hybridized carbons (Fsp3) is 0.263. The number of amides is 1. The van der Waals surface area contributed by atoms with Gasteiger partial charge in [-0.3, -0.25) is 4.79 Å². The van der Waals surface area contributed by atoms with Crippen LogP contribution in [0.5, 0.6) is 5.75 Å². The first-order valence-corrected chi connectivity index (χ1v) is 7.63. The third-order valence-electron chi connectivity index (χ3n) is 3.72. The Kier molecular flexibility index (Phi) is 5.95. The van der Waals surface area contributed by atoms with E-state index in [1.54, 1.807) is 31.4 Å². The first-order valence-electron chi connectivity index (χ1n) is 7.63. The number of nitrogens with one attached hydrogen (secondary N) is 1. The number of rotatable bonds is 6. The van der Waals surface area contributed by atoms with Gasteiger partial charge in [0.05, 0.1) is 12.7 Å². The first kappa shape index (κ1) is 17.5. The summed E-state index contributed by atoms with van der Waals surface area (Å²) in [7, 11) is 1.55. The maximum Gasteiger partial charge on any atom is 0.338 e. The van der Waals surface area contributed by atoms with E-state index >= 15 is 0 Å². The van der Waals surface area contributed by atoms with E-state index in [1.165, 1.54) is 11.1 Å². The van der Waals surface area contributed by atoms with E-state index in [9.17, 15) is 9.59 Å². The summed E-state index contributed by atoms with van der Waals surface area (Å²) in [4.78, 5) is 23.7. The summed E-state index contributed by atoms with van der Waals surface area (Å²) >= 11 is 0. The van der Waals surface area contributed by atoms with E-state index < -0.39 is 5.97 Å². The van der Waals surface area contributed by atoms with E-state index in [0.29, 0.717) is 17.9 Å². The Hall–Kier alpha value is -2.82. The van der Waals surface area contributed by atoms with Crippen LogP contribution in [0.25, 0.3) is 0 Å². The lowest BCUT2D eigenvalue weighted by Crippen LogP contribution is -2.28. The molecule has 2 rings (SSSR count). The van der Waals surface area contributed by atoms with Crippen molar-refractivity contribution >= 4 is 11.9 Å². The van der Waals surface area contributed by atoms with Crippen LogP contribution in [0.4, 0.5) is 0 Å². The van der Waals surface area contributed by atoms with E-state index in [1.807, 2.05) is 32.0 Å². The van der Waals surface area contributed by atoms with Crippen molar-refractivity contribution in [1.29, 1.82) is 0 Å². The fourth-order valence-electron chi connectivity index (χ4n) is 2.11. The number of aryl methyl sites for hydroxylation is 2. The number of hydrogen-bond donors (Lipinski definition) is 1. The third kappa shape index (κ3) is 4.84. The summed E-state index contributed by atoms with van der Waals surface area (Å²) in [5, 5.41) is 2.73. The van der Waals surface area contributed by atoms with Crippen molar-refractivity contribution in [2.75, 3.05) is 13.7 Å². The highest BCUT2D eigenvalue weighted by Gasteiger charge is 2.10. The van der Waals surface area contributed by atoms with Gasteiger partial charge in [-0.05, 0) is 54.8 Å². The van der Waals surface area contributed by atoms with Crippen LogP contribution >= 0.6 is 0 Å². The van der Waals surface area contributed by atoms with Gasteiger partial charge in [-0.2, -0.15) is 0 Å². The van der Waals surface area contributed by atoms with Gasteiger partial charge in [0.15, 0.2) is 6.61 Å². The third-order valence-corrected chi connectivity index (χ3v) is 3.72. The largest absolute Gasteiger partial charge is 0.497 e. The standard InChI is InChI=1S/C19H21NO4/c1-13-4-5-15(10-14(13)2)11-20-18(21)12-24-19(22)16-6-8-17(23-3)9-7-16/h4-10H,11-12H2,1-3H3,(H,20,21). The van der Waals surface area contributed by atoms with Gasteiger partial charge in [0.25, 0.3) is 5.91 Å². The normalized spacial score (nSPS) is 10.1. The number of ether oxygens (including phenoxy) is 2. The molecule has 2 aromatic carbocycles. The van der Waals surface area contributed by atoms with Gasteiger partial charge in [-0.1, -0.05) is 18.2 Å². The smallest absolute Gasteiger partial charge is 0.338 e. The summed E-state index contributed by atoms with van der Waals surface area (Å²) < 4.78 is 10.0. The number of carbonyl (C=O) groups excluding carboxylic acids is 2. The molecule has 1 N–H and O–H groups in total. The summed E-state index contributed by atoms with van der Waals surface area (Å²) in [6, 6.07) is 12.5. The molecule has 0 aromatic heterocycles. The van der Waals surface area contributed by atoms with Crippen LogP contribution in [0.1, 0.15) is 27.0 Å². The average Bonchev–Trinajstić information content (AvgIpc) is 2.60. The molecule has 0 unspecified atom stereocenters. The second-order valence-electron chi connectivity index (χ2n) is 5.50. The zero-order chi connectivity index (χ0) is 17.5. The van der Waals surface area contributed by atoms with Gasteiger partial charge < -0.3 is 14.8 Å². The molecule has 2 aromatic rings. The molecule has 0 bridgehead atoms. The Morgan fingerprint density at radius 1 is 1.00 bits per heavy atom. The highest BCUT2D eigenvalue weighted by molar-refractivity contribution is 5.91. The SMILES string of the molecule is COc1ccc(C(=O)OCC(=O)NCc2ccc(C)c(C)c2)cc1. The van der Waals surface area contributed by atoms with Crippen molar-refractivity contribution in [3.05, 3.63) is 64.7 Å². The number of hydrogen-bond acceptors (Lipinski definition) is 4. The van der Waals surface area contributed by atoms with Crippen LogP contribution in [-0.2, 0) is 16.1 Å². The van der Waals surface area contributed by atoms with Crippen LogP contribution in [0, 0.1) is 13.8 Å². The fourth-order valence-corrected chi connectivity index (χ4v) is 2.11. The molecule has 0 atom stereocenters.